The van der Waals surface area contributed by atoms with Crippen LogP contribution in [-0.4, -0.2) is 22.7 Å². The molecule has 1 saturated heterocycles. The topological polar surface area (TPSA) is 77.5 Å². The Kier molecular flexibility index (Phi) is 3.83. The predicted molar refractivity (Wildman–Crippen MR) is 78.7 cm³/mol. The lowest BCUT2D eigenvalue weighted by Crippen LogP contribution is -2.47. The zero-order valence-corrected chi connectivity index (χ0v) is 12.4. The van der Waals surface area contributed by atoms with Crippen LogP contribution in [0.4, 0.5) is 5.82 Å². The summed E-state index contributed by atoms with van der Waals surface area (Å²) in [5.74, 6) is -1.78. The summed E-state index contributed by atoms with van der Waals surface area (Å²) in [7, 11) is 0. The third kappa shape index (κ3) is 2.95. The van der Waals surface area contributed by atoms with Crippen LogP contribution in [0.25, 0.3) is 0 Å². The average molecular weight is 302 g/mol. The summed E-state index contributed by atoms with van der Waals surface area (Å²) in [5.41, 5.74) is 0.880. The molecule has 0 atom stereocenters. The number of aromatic nitrogens is 1. The van der Waals surface area contributed by atoms with Gasteiger partial charge >= 0.3 is 11.9 Å². The number of esters is 2. The number of rotatable bonds is 2. The SMILES string of the molecule is Cc1ccnc(NC=C2C(=O)OC3(CCCCC3)OC2=O)c1. The first-order chi connectivity index (χ1) is 10.6. The highest BCUT2D eigenvalue weighted by atomic mass is 16.7. The van der Waals surface area contributed by atoms with E-state index < -0.39 is 17.7 Å². The van der Waals surface area contributed by atoms with Crippen molar-refractivity contribution in [3.8, 4) is 0 Å². The van der Waals surface area contributed by atoms with Gasteiger partial charge in [0.25, 0.3) is 5.79 Å². The highest BCUT2D eigenvalue weighted by molar-refractivity contribution is 6.15. The van der Waals surface area contributed by atoms with E-state index in [0.29, 0.717) is 18.7 Å². The quantitative estimate of drug-likeness (QED) is 0.513. The molecule has 2 fully saturated rings. The minimum Gasteiger partial charge on any atom is -0.419 e. The molecule has 0 radical (unpaired) electrons. The average Bonchev–Trinajstić information content (AvgIpc) is 2.47. The van der Waals surface area contributed by atoms with E-state index in [1.807, 2.05) is 13.0 Å². The lowest BCUT2D eigenvalue weighted by atomic mass is 9.93. The molecule has 0 unspecified atom stereocenters. The van der Waals surface area contributed by atoms with E-state index >= 15 is 0 Å². The molecule has 22 heavy (non-hydrogen) atoms. The van der Waals surface area contributed by atoms with E-state index in [4.69, 9.17) is 9.47 Å². The molecule has 6 heteroatoms. The Morgan fingerprint density at radius 1 is 1.18 bits per heavy atom. The maximum atomic E-state index is 12.1. The fraction of sp³-hybridized carbons (Fsp3) is 0.438. The summed E-state index contributed by atoms with van der Waals surface area (Å²) in [6, 6.07) is 3.66. The molecule has 1 aliphatic heterocycles. The third-order valence-electron chi connectivity index (χ3n) is 3.89. The first kappa shape index (κ1) is 14.6. The van der Waals surface area contributed by atoms with Gasteiger partial charge in [0.15, 0.2) is 5.57 Å². The number of ether oxygens (including phenoxy) is 2. The Balaban J connectivity index is 1.73. The molecule has 3 rings (SSSR count). The molecular formula is C16H18N2O4. The smallest absolute Gasteiger partial charge is 0.350 e. The van der Waals surface area contributed by atoms with Crippen LogP contribution in [0, 0.1) is 6.92 Å². The number of hydrogen-bond donors (Lipinski definition) is 1. The van der Waals surface area contributed by atoms with Gasteiger partial charge < -0.3 is 14.8 Å². The summed E-state index contributed by atoms with van der Waals surface area (Å²) in [5, 5.41) is 2.83. The molecule has 1 aliphatic carbocycles. The van der Waals surface area contributed by atoms with E-state index in [0.717, 1.165) is 24.8 Å². The number of anilines is 1. The van der Waals surface area contributed by atoms with Crippen molar-refractivity contribution < 1.29 is 19.1 Å². The van der Waals surface area contributed by atoms with E-state index in [1.54, 1.807) is 12.3 Å². The van der Waals surface area contributed by atoms with Gasteiger partial charge in [-0.2, -0.15) is 0 Å². The van der Waals surface area contributed by atoms with Gasteiger partial charge in [0, 0.05) is 25.2 Å². The number of carbonyl (C=O) groups excluding carboxylic acids is 2. The lowest BCUT2D eigenvalue weighted by Gasteiger charge is -2.38. The standard InChI is InChI=1S/C16H18N2O4/c1-11-5-8-17-13(9-11)18-10-12-14(19)21-16(22-15(12)20)6-3-2-4-7-16/h5,8-10H,2-4,6-7H2,1H3,(H,17,18). The number of pyridine rings is 1. The Bertz CT molecular complexity index is 611. The molecule has 1 N–H and O–H groups in total. The van der Waals surface area contributed by atoms with Crippen LogP contribution in [0.5, 0.6) is 0 Å². The van der Waals surface area contributed by atoms with Crippen LogP contribution < -0.4 is 5.32 Å². The Labute approximate surface area is 128 Å². The molecule has 116 valence electrons. The first-order valence-electron chi connectivity index (χ1n) is 7.44. The summed E-state index contributed by atoms with van der Waals surface area (Å²) in [6.45, 7) is 1.93. The van der Waals surface area contributed by atoms with Gasteiger partial charge in [-0.15, -0.1) is 0 Å². The largest absolute Gasteiger partial charge is 0.419 e. The molecule has 1 aromatic heterocycles. The van der Waals surface area contributed by atoms with Crippen LogP contribution in [0.1, 0.15) is 37.7 Å². The highest BCUT2D eigenvalue weighted by Gasteiger charge is 2.46. The molecule has 6 nitrogen and oxygen atoms in total. The fourth-order valence-electron chi connectivity index (χ4n) is 2.73. The fourth-order valence-corrected chi connectivity index (χ4v) is 2.73. The second-order valence-electron chi connectivity index (χ2n) is 5.67. The zero-order valence-electron chi connectivity index (χ0n) is 12.4. The van der Waals surface area contributed by atoms with Gasteiger partial charge in [0.05, 0.1) is 0 Å². The molecular weight excluding hydrogens is 284 g/mol. The highest BCUT2D eigenvalue weighted by Crippen LogP contribution is 2.36. The molecule has 0 bridgehead atoms. The third-order valence-corrected chi connectivity index (χ3v) is 3.89. The number of hydrogen-bond acceptors (Lipinski definition) is 6. The summed E-state index contributed by atoms with van der Waals surface area (Å²) < 4.78 is 10.8. The maximum absolute atomic E-state index is 12.1. The summed E-state index contributed by atoms with van der Waals surface area (Å²) >= 11 is 0. The number of nitrogens with zero attached hydrogens (tertiary/aromatic N) is 1. The Morgan fingerprint density at radius 3 is 2.50 bits per heavy atom. The van der Waals surface area contributed by atoms with E-state index in [2.05, 4.69) is 10.3 Å². The minimum atomic E-state index is -1.05. The van der Waals surface area contributed by atoms with E-state index in [-0.39, 0.29) is 5.57 Å². The molecule has 0 aromatic carbocycles. The van der Waals surface area contributed by atoms with Crippen molar-refractivity contribution in [2.75, 3.05) is 5.32 Å². The van der Waals surface area contributed by atoms with Gasteiger partial charge in [-0.05, 0) is 37.5 Å². The normalized spacial score (nSPS) is 20.3. The summed E-state index contributed by atoms with van der Waals surface area (Å²) in [6.07, 6.45) is 6.94. The maximum Gasteiger partial charge on any atom is 0.350 e. The van der Waals surface area contributed by atoms with Gasteiger partial charge in [0.1, 0.15) is 5.82 Å². The molecule has 1 spiro atoms. The second kappa shape index (κ2) is 5.79. The van der Waals surface area contributed by atoms with Gasteiger partial charge in [-0.3, -0.25) is 0 Å². The Hall–Kier alpha value is -2.37. The number of carbonyl (C=O) groups is 2. The van der Waals surface area contributed by atoms with Crippen LogP contribution in [0.2, 0.25) is 0 Å². The molecule has 0 amide bonds. The van der Waals surface area contributed by atoms with Crippen molar-refractivity contribution in [2.24, 2.45) is 0 Å². The number of nitrogens with one attached hydrogen (secondary N) is 1. The van der Waals surface area contributed by atoms with Gasteiger partial charge in [0.2, 0.25) is 0 Å². The van der Waals surface area contributed by atoms with E-state index in [1.165, 1.54) is 6.20 Å². The van der Waals surface area contributed by atoms with Crippen molar-refractivity contribution >= 4 is 17.8 Å². The van der Waals surface area contributed by atoms with Crippen LogP contribution >= 0.6 is 0 Å². The monoisotopic (exact) mass is 302 g/mol. The van der Waals surface area contributed by atoms with Gasteiger partial charge in [-0.1, -0.05) is 6.42 Å². The zero-order chi connectivity index (χ0) is 15.6. The molecule has 2 heterocycles. The van der Waals surface area contributed by atoms with Crippen LogP contribution in [0.3, 0.4) is 0 Å². The van der Waals surface area contributed by atoms with Crippen molar-refractivity contribution in [2.45, 2.75) is 44.8 Å². The predicted octanol–water partition coefficient (Wildman–Crippen LogP) is 2.45. The number of aryl methyl sites for hydroxylation is 1. The van der Waals surface area contributed by atoms with Crippen molar-refractivity contribution in [1.82, 2.24) is 4.98 Å². The second-order valence-corrected chi connectivity index (χ2v) is 5.67. The minimum absolute atomic E-state index is 0.139. The first-order valence-corrected chi connectivity index (χ1v) is 7.44. The molecule has 1 aromatic rings. The van der Waals surface area contributed by atoms with Crippen molar-refractivity contribution in [3.63, 3.8) is 0 Å². The van der Waals surface area contributed by atoms with E-state index in [9.17, 15) is 9.59 Å². The van der Waals surface area contributed by atoms with Crippen molar-refractivity contribution in [3.05, 3.63) is 35.7 Å². The van der Waals surface area contributed by atoms with Crippen LogP contribution in [-0.2, 0) is 19.1 Å². The van der Waals surface area contributed by atoms with Gasteiger partial charge in [-0.25, -0.2) is 14.6 Å². The van der Waals surface area contributed by atoms with Crippen molar-refractivity contribution in [1.29, 1.82) is 0 Å². The van der Waals surface area contributed by atoms with Crippen LogP contribution in [0.15, 0.2) is 30.1 Å². The lowest BCUT2D eigenvalue weighted by molar-refractivity contribution is -0.244. The molecule has 1 saturated carbocycles. The summed E-state index contributed by atoms with van der Waals surface area (Å²) in [4.78, 5) is 28.3. The molecule has 2 aliphatic rings. The Morgan fingerprint density at radius 2 is 1.86 bits per heavy atom.